The predicted octanol–water partition coefficient (Wildman–Crippen LogP) is 3.70. The maximum atomic E-state index is 11.3. The van der Waals surface area contributed by atoms with E-state index < -0.39 is 11.9 Å². The molecule has 2 aromatic heterocycles. The Balaban J connectivity index is 1.89. The van der Waals surface area contributed by atoms with E-state index in [0.29, 0.717) is 24.6 Å². The molecule has 0 amide bonds. The van der Waals surface area contributed by atoms with Crippen molar-refractivity contribution in [3.63, 3.8) is 0 Å². The van der Waals surface area contributed by atoms with Gasteiger partial charge in [0.25, 0.3) is 0 Å². The molecule has 0 radical (unpaired) electrons. The molecule has 3 rings (SSSR count). The standard InChI is InChI=1S/C13H11BrN2O3S/c14-7-5-10(20-6-7)11-15-12(19-16-11)8-3-1-2-4-9(8)13(17)18/h1-2,5-6,8-9H,3-4H2,(H,17,18). The fraction of sp³-hybridized carbons (Fsp3) is 0.308. The number of halogens is 1. The van der Waals surface area contributed by atoms with Crippen LogP contribution in [-0.4, -0.2) is 21.2 Å². The number of carbonyl (C=O) groups is 1. The van der Waals surface area contributed by atoms with Gasteiger partial charge in [0.1, 0.15) is 0 Å². The Bertz CT molecular complexity index is 664. The lowest BCUT2D eigenvalue weighted by atomic mass is 9.83. The first kappa shape index (κ1) is 13.5. The second-order valence-electron chi connectivity index (χ2n) is 4.58. The Morgan fingerprint density at radius 2 is 2.25 bits per heavy atom. The fourth-order valence-electron chi connectivity index (χ4n) is 2.28. The molecule has 2 heterocycles. The van der Waals surface area contributed by atoms with E-state index in [4.69, 9.17) is 4.52 Å². The molecule has 2 aromatic rings. The average Bonchev–Trinajstić information content (AvgIpc) is 3.07. The largest absolute Gasteiger partial charge is 0.481 e. The number of aliphatic carboxylic acids is 1. The number of nitrogens with zero attached hydrogens (tertiary/aromatic N) is 2. The van der Waals surface area contributed by atoms with Crippen LogP contribution in [-0.2, 0) is 4.79 Å². The topological polar surface area (TPSA) is 76.2 Å². The monoisotopic (exact) mass is 354 g/mol. The van der Waals surface area contributed by atoms with Crippen LogP contribution < -0.4 is 0 Å². The Kier molecular flexibility index (Phi) is 3.71. The molecule has 0 spiro atoms. The molecular formula is C13H11BrN2O3S. The highest BCUT2D eigenvalue weighted by Gasteiger charge is 2.34. The van der Waals surface area contributed by atoms with Crippen molar-refractivity contribution in [2.75, 3.05) is 0 Å². The van der Waals surface area contributed by atoms with Crippen LogP contribution in [0.4, 0.5) is 0 Å². The molecule has 2 unspecified atom stereocenters. The van der Waals surface area contributed by atoms with Crippen LogP contribution in [0.5, 0.6) is 0 Å². The maximum absolute atomic E-state index is 11.3. The molecule has 20 heavy (non-hydrogen) atoms. The second-order valence-corrected chi connectivity index (χ2v) is 6.41. The Labute approximate surface area is 127 Å². The van der Waals surface area contributed by atoms with Gasteiger partial charge in [0.2, 0.25) is 11.7 Å². The number of hydrogen-bond donors (Lipinski definition) is 1. The Morgan fingerprint density at radius 1 is 1.45 bits per heavy atom. The molecule has 1 aliphatic carbocycles. The van der Waals surface area contributed by atoms with Crippen molar-refractivity contribution in [3.8, 4) is 10.7 Å². The molecule has 2 atom stereocenters. The van der Waals surface area contributed by atoms with Gasteiger partial charge in [-0.3, -0.25) is 4.79 Å². The van der Waals surface area contributed by atoms with Crippen molar-refractivity contribution < 1.29 is 14.4 Å². The van der Waals surface area contributed by atoms with Gasteiger partial charge in [0.05, 0.1) is 16.7 Å². The van der Waals surface area contributed by atoms with Gasteiger partial charge in [-0.2, -0.15) is 4.98 Å². The molecule has 0 bridgehead atoms. The van der Waals surface area contributed by atoms with Crippen LogP contribution in [0.3, 0.4) is 0 Å². The first-order chi connectivity index (χ1) is 9.65. The highest BCUT2D eigenvalue weighted by molar-refractivity contribution is 9.10. The molecule has 7 heteroatoms. The summed E-state index contributed by atoms with van der Waals surface area (Å²) >= 11 is 4.89. The van der Waals surface area contributed by atoms with E-state index >= 15 is 0 Å². The van der Waals surface area contributed by atoms with Crippen LogP contribution in [0, 0.1) is 5.92 Å². The third kappa shape index (κ3) is 2.55. The molecule has 0 saturated heterocycles. The van der Waals surface area contributed by atoms with Crippen LogP contribution in [0.25, 0.3) is 10.7 Å². The van der Waals surface area contributed by atoms with Gasteiger partial charge in [-0.25, -0.2) is 0 Å². The summed E-state index contributed by atoms with van der Waals surface area (Å²) in [5.74, 6) is -0.654. The van der Waals surface area contributed by atoms with Gasteiger partial charge in [0.15, 0.2) is 0 Å². The number of carboxylic acid groups (broad SMARTS) is 1. The lowest BCUT2D eigenvalue weighted by molar-refractivity contribution is -0.142. The zero-order valence-corrected chi connectivity index (χ0v) is 12.7. The minimum absolute atomic E-state index is 0.248. The van der Waals surface area contributed by atoms with Gasteiger partial charge in [0, 0.05) is 9.85 Å². The van der Waals surface area contributed by atoms with E-state index in [-0.39, 0.29) is 5.92 Å². The summed E-state index contributed by atoms with van der Waals surface area (Å²) in [6, 6.07) is 1.91. The summed E-state index contributed by atoms with van der Waals surface area (Å²) in [5, 5.41) is 15.2. The van der Waals surface area contributed by atoms with Crippen molar-refractivity contribution in [3.05, 3.63) is 34.0 Å². The van der Waals surface area contributed by atoms with Gasteiger partial charge >= 0.3 is 5.97 Å². The van der Waals surface area contributed by atoms with E-state index in [1.54, 1.807) is 0 Å². The van der Waals surface area contributed by atoms with Crippen molar-refractivity contribution in [2.45, 2.75) is 18.8 Å². The molecule has 0 saturated carbocycles. The molecule has 0 aromatic carbocycles. The number of carboxylic acids is 1. The van der Waals surface area contributed by atoms with Crippen LogP contribution in [0.1, 0.15) is 24.7 Å². The second kappa shape index (κ2) is 5.49. The fourth-order valence-corrected chi connectivity index (χ4v) is 3.63. The zero-order chi connectivity index (χ0) is 14.1. The lowest BCUT2D eigenvalue weighted by Gasteiger charge is -2.21. The number of thiophene rings is 1. The maximum Gasteiger partial charge on any atom is 0.307 e. The van der Waals surface area contributed by atoms with Gasteiger partial charge in [-0.15, -0.1) is 11.3 Å². The first-order valence-electron chi connectivity index (χ1n) is 6.11. The third-order valence-electron chi connectivity index (χ3n) is 3.30. The highest BCUT2D eigenvalue weighted by Crippen LogP contribution is 2.35. The normalized spacial score (nSPS) is 22.1. The Morgan fingerprint density at radius 3 is 2.95 bits per heavy atom. The summed E-state index contributed by atoms with van der Waals surface area (Å²) in [4.78, 5) is 16.5. The molecule has 5 nitrogen and oxygen atoms in total. The van der Waals surface area contributed by atoms with Gasteiger partial charge in [-0.1, -0.05) is 17.3 Å². The summed E-state index contributed by atoms with van der Waals surface area (Å²) in [6.45, 7) is 0. The quantitative estimate of drug-likeness (QED) is 0.850. The summed E-state index contributed by atoms with van der Waals surface area (Å²) in [5.41, 5.74) is 0. The van der Waals surface area contributed by atoms with E-state index in [2.05, 4.69) is 26.1 Å². The highest BCUT2D eigenvalue weighted by atomic mass is 79.9. The number of rotatable bonds is 3. The smallest absolute Gasteiger partial charge is 0.307 e. The summed E-state index contributed by atoms with van der Waals surface area (Å²) < 4.78 is 6.25. The summed E-state index contributed by atoms with van der Waals surface area (Å²) in [7, 11) is 0. The molecule has 0 aliphatic heterocycles. The molecule has 0 fully saturated rings. The summed E-state index contributed by atoms with van der Waals surface area (Å²) in [6.07, 6.45) is 4.98. The molecule has 1 aliphatic rings. The Hall–Kier alpha value is -1.47. The lowest BCUT2D eigenvalue weighted by Crippen LogP contribution is -2.23. The van der Waals surface area contributed by atoms with E-state index in [1.165, 1.54) is 11.3 Å². The molecule has 1 N–H and O–H groups in total. The van der Waals surface area contributed by atoms with Gasteiger partial charge in [-0.05, 0) is 34.8 Å². The number of hydrogen-bond acceptors (Lipinski definition) is 5. The average molecular weight is 355 g/mol. The molecular weight excluding hydrogens is 344 g/mol. The van der Waals surface area contributed by atoms with Crippen LogP contribution >= 0.6 is 27.3 Å². The van der Waals surface area contributed by atoms with Crippen LogP contribution in [0.15, 0.2) is 32.6 Å². The predicted molar refractivity (Wildman–Crippen MR) is 77.6 cm³/mol. The number of aromatic nitrogens is 2. The van der Waals surface area contributed by atoms with Crippen molar-refractivity contribution in [2.24, 2.45) is 5.92 Å². The SMILES string of the molecule is O=C(O)C1CC=CCC1c1nc(-c2cc(Br)cs2)no1. The van der Waals surface area contributed by atoms with E-state index in [9.17, 15) is 9.90 Å². The van der Waals surface area contributed by atoms with E-state index in [1.807, 2.05) is 23.6 Å². The van der Waals surface area contributed by atoms with E-state index in [0.717, 1.165) is 9.35 Å². The van der Waals surface area contributed by atoms with Crippen molar-refractivity contribution >= 4 is 33.2 Å². The number of allylic oxidation sites excluding steroid dienone is 2. The van der Waals surface area contributed by atoms with Crippen molar-refractivity contribution in [1.82, 2.24) is 10.1 Å². The van der Waals surface area contributed by atoms with Gasteiger partial charge < -0.3 is 9.63 Å². The minimum atomic E-state index is -0.821. The van der Waals surface area contributed by atoms with Crippen molar-refractivity contribution in [1.29, 1.82) is 0 Å². The first-order valence-corrected chi connectivity index (χ1v) is 7.78. The molecule has 104 valence electrons. The zero-order valence-electron chi connectivity index (χ0n) is 10.3. The third-order valence-corrected chi connectivity index (χ3v) is 4.98. The van der Waals surface area contributed by atoms with Crippen LogP contribution in [0.2, 0.25) is 0 Å². The minimum Gasteiger partial charge on any atom is -0.481 e.